The molecule has 1 aromatic heterocycles. The predicted octanol–water partition coefficient (Wildman–Crippen LogP) is 3.00. The Balaban J connectivity index is 0.000000253. The van der Waals surface area contributed by atoms with Crippen molar-refractivity contribution < 1.29 is 48.1 Å². The fourth-order valence-corrected chi connectivity index (χ4v) is 4.36. The maximum Gasteiger partial charge on any atom is -0.0579 e. The van der Waals surface area contributed by atoms with Crippen LogP contribution in [0, 0.1) is 6.92 Å². The molecule has 6 rings (SSSR count). The Kier molecular flexibility index (Phi) is 12.5. The number of halogens is 2. The van der Waals surface area contributed by atoms with E-state index in [-0.39, 0.29) is 30.2 Å². The number of aryl methyl sites for hydroxylation is 2. The third-order valence-corrected chi connectivity index (χ3v) is 5.90. The summed E-state index contributed by atoms with van der Waals surface area (Å²) in [4.78, 5) is 4.59. The summed E-state index contributed by atoms with van der Waals surface area (Å²) in [5.41, 5.74) is 6.52. The van der Waals surface area contributed by atoms with Crippen molar-refractivity contribution in [2.45, 2.75) is 33.4 Å². The van der Waals surface area contributed by atoms with E-state index in [1.807, 2.05) is 12.3 Å². The Hall–Kier alpha value is -2.03. The molecule has 6 aromatic rings. The first-order valence-corrected chi connectivity index (χ1v) is 18.3. The maximum atomic E-state index is 4.59. The molecule has 37 heavy (non-hydrogen) atoms. The van der Waals surface area contributed by atoms with E-state index in [9.17, 15) is 0 Å². The van der Waals surface area contributed by atoms with Gasteiger partial charge in [0.05, 0.1) is 5.52 Å². The fourth-order valence-electron chi connectivity index (χ4n) is 4.36. The molecule has 0 bridgehead atoms. The van der Waals surface area contributed by atoms with E-state index in [2.05, 4.69) is 123 Å². The second kappa shape index (κ2) is 14.8. The second-order valence-corrected chi connectivity index (χ2v) is 18.4. The zero-order valence-corrected chi connectivity index (χ0v) is 26.7. The summed E-state index contributed by atoms with van der Waals surface area (Å²) in [6.45, 7) is 8.94. The minimum atomic E-state index is 0. The SMILES string of the molecule is CCc1cc2c(-c3cccc4cccnc34)cccc2[cH-]1.C[Si](C)=[Zr+2].Cc1cc2ccccc2[cH-]1.[Cl-].[Cl-]. The van der Waals surface area contributed by atoms with Gasteiger partial charge >= 0.3 is 41.9 Å². The number of hydrogen-bond donors (Lipinski definition) is 0. The zero-order chi connectivity index (χ0) is 24.8. The van der Waals surface area contributed by atoms with Crippen LogP contribution in [0.5, 0.6) is 0 Å². The van der Waals surface area contributed by atoms with Crippen molar-refractivity contribution >= 4 is 37.9 Å². The summed E-state index contributed by atoms with van der Waals surface area (Å²) < 4.78 is 0. The third kappa shape index (κ3) is 7.98. The van der Waals surface area contributed by atoms with Crippen molar-refractivity contribution in [3.05, 3.63) is 114 Å². The molecule has 1 nitrogen and oxygen atoms in total. The predicted molar refractivity (Wildman–Crippen MR) is 151 cm³/mol. The quantitative estimate of drug-likeness (QED) is 0.215. The summed E-state index contributed by atoms with van der Waals surface area (Å²) >= 11 is 1.74. The molecule has 188 valence electrons. The minimum Gasteiger partial charge on any atom is -1.00 e. The van der Waals surface area contributed by atoms with Gasteiger partial charge in [0, 0.05) is 11.6 Å². The van der Waals surface area contributed by atoms with Crippen molar-refractivity contribution in [2.75, 3.05) is 0 Å². The van der Waals surface area contributed by atoms with E-state index in [4.69, 9.17) is 0 Å². The summed E-state index contributed by atoms with van der Waals surface area (Å²) in [6, 6.07) is 34.5. The Bertz CT molecular complexity index is 1560. The van der Waals surface area contributed by atoms with Crippen LogP contribution in [0.1, 0.15) is 18.1 Å². The molecule has 0 N–H and O–H groups in total. The van der Waals surface area contributed by atoms with Gasteiger partial charge in [0.1, 0.15) is 0 Å². The van der Waals surface area contributed by atoms with Crippen LogP contribution in [-0.2, 0) is 29.8 Å². The summed E-state index contributed by atoms with van der Waals surface area (Å²) in [7, 11) is 0. The van der Waals surface area contributed by atoms with E-state index in [1.165, 1.54) is 49.2 Å². The molecule has 0 saturated heterocycles. The molecule has 0 spiro atoms. The summed E-state index contributed by atoms with van der Waals surface area (Å²) in [5, 5.41) is 6.53. The van der Waals surface area contributed by atoms with Crippen LogP contribution in [0.2, 0.25) is 13.1 Å². The molecule has 0 aliphatic heterocycles. The Morgan fingerprint density at radius 3 is 2.11 bits per heavy atom. The molecule has 0 aliphatic rings. The monoisotopic (exact) mass is 617 g/mol. The Morgan fingerprint density at radius 1 is 0.757 bits per heavy atom. The van der Waals surface area contributed by atoms with E-state index in [0.29, 0.717) is 0 Å². The van der Waals surface area contributed by atoms with Crippen molar-refractivity contribution in [3.63, 3.8) is 0 Å². The van der Waals surface area contributed by atoms with Crippen LogP contribution >= 0.6 is 0 Å². The van der Waals surface area contributed by atoms with Gasteiger partial charge in [-0.05, 0) is 18.1 Å². The van der Waals surface area contributed by atoms with Crippen molar-refractivity contribution in [1.82, 2.24) is 4.98 Å². The van der Waals surface area contributed by atoms with Gasteiger partial charge in [-0.1, -0.05) is 55.8 Å². The van der Waals surface area contributed by atoms with E-state index in [1.54, 1.807) is 23.3 Å². The van der Waals surface area contributed by atoms with Crippen LogP contribution < -0.4 is 24.8 Å². The smallest absolute Gasteiger partial charge is 0.0579 e. The number of fused-ring (bicyclic) bond motifs is 3. The van der Waals surface area contributed by atoms with Gasteiger partial charge in [0.25, 0.3) is 0 Å². The van der Waals surface area contributed by atoms with Gasteiger partial charge in [0.2, 0.25) is 0 Å². The Morgan fingerprint density at radius 2 is 1.38 bits per heavy atom. The molecule has 5 aromatic carbocycles. The van der Waals surface area contributed by atoms with Gasteiger partial charge in [-0.3, -0.25) is 4.98 Å². The molecule has 1 heterocycles. The average molecular weight is 620 g/mol. The van der Waals surface area contributed by atoms with Crippen LogP contribution in [0.25, 0.3) is 43.6 Å². The first kappa shape index (κ1) is 31.2. The van der Waals surface area contributed by atoms with Crippen molar-refractivity contribution in [3.8, 4) is 11.1 Å². The third-order valence-electron chi connectivity index (χ3n) is 5.90. The number of benzene rings is 3. The van der Waals surface area contributed by atoms with Gasteiger partial charge in [0.15, 0.2) is 0 Å². The first-order chi connectivity index (χ1) is 17.0. The molecular weight excluding hydrogens is 589 g/mol. The molecular formula is C32H31Cl2NSiZr-2. The summed E-state index contributed by atoms with van der Waals surface area (Å²) in [6.07, 6.45) is 2.94. The average Bonchev–Trinajstić information content (AvgIpc) is 3.46. The molecule has 0 saturated carbocycles. The number of rotatable bonds is 2. The molecule has 0 amide bonds. The largest absolute Gasteiger partial charge is 1.00 e. The Labute approximate surface area is 248 Å². The summed E-state index contributed by atoms with van der Waals surface area (Å²) in [5.74, 6) is 0. The molecule has 0 aliphatic carbocycles. The van der Waals surface area contributed by atoms with Gasteiger partial charge in [-0.15, -0.1) is 75.1 Å². The van der Waals surface area contributed by atoms with E-state index < -0.39 is 0 Å². The molecule has 0 unspecified atom stereocenters. The molecule has 5 heteroatoms. The van der Waals surface area contributed by atoms with E-state index >= 15 is 0 Å². The first-order valence-electron chi connectivity index (χ1n) is 12.1. The minimum absolute atomic E-state index is 0. The van der Waals surface area contributed by atoms with Crippen molar-refractivity contribution in [2.24, 2.45) is 0 Å². The van der Waals surface area contributed by atoms with Crippen LogP contribution in [0.4, 0.5) is 0 Å². The molecule has 0 fully saturated rings. The fraction of sp³-hybridized carbons (Fsp3) is 0.156. The standard InChI is InChI=1S/C20H16N.C10H9.C2H6Si.2ClH.Zr/c1-2-14-12-16-7-4-9-17(19(16)13-14)18-10-3-6-15-8-5-11-21-20(15)18;1-8-6-9-4-2-3-5-10(9)7-8;1-3-2;;;/h3-13H,2H2,1H3;2-7H,1H3;1-2H3;2*1H;/q2*-1;;;;+2/p-2. The van der Waals surface area contributed by atoms with Gasteiger partial charge < -0.3 is 24.8 Å². The maximum absolute atomic E-state index is 4.59. The van der Waals surface area contributed by atoms with Crippen LogP contribution in [0.3, 0.4) is 0 Å². The number of hydrogen-bond acceptors (Lipinski definition) is 1. The van der Waals surface area contributed by atoms with Gasteiger partial charge in [-0.2, -0.15) is 12.1 Å². The second-order valence-electron chi connectivity index (χ2n) is 9.07. The number of aromatic nitrogens is 1. The number of nitrogens with zero attached hydrogens (tertiary/aromatic N) is 1. The van der Waals surface area contributed by atoms with Crippen molar-refractivity contribution in [1.29, 1.82) is 0 Å². The topological polar surface area (TPSA) is 12.9 Å². The molecule has 0 atom stereocenters. The number of pyridine rings is 1. The number of para-hydroxylation sites is 1. The molecule has 0 radical (unpaired) electrons. The normalized spacial score (nSPS) is 10.0. The van der Waals surface area contributed by atoms with E-state index in [0.717, 1.165) is 11.9 Å². The van der Waals surface area contributed by atoms with Crippen LogP contribution in [-0.4, -0.2) is 10.4 Å². The van der Waals surface area contributed by atoms with Gasteiger partial charge in [-0.25, -0.2) is 0 Å². The zero-order valence-electron chi connectivity index (χ0n) is 21.7. The van der Waals surface area contributed by atoms with Crippen LogP contribution in [0.15, 0.2) is 103 Å².